The first-order chi connectivity index (χ1) is 19.8. The molecule has 5 aromatic carbocycles. The second kappa shape index (κ2) is 10.6. The summed E-state index contributed by atoms with van der Waals surface area (Å²) in [6.07, 6.45) is 6.42. The van der Waals surface area contributed by atoms with Crippen LogP contribution in [0.3, 0.4) is 0 Å². The lowest BCUT2D eigenvalue weighted by molar-refractivity contribution is 0.415. The maximum atomic E-state index is 6.92. The van der Waals surface area contributed by atoms with Gasteiger partial charge in [0.05, 0.1) is 18.5 Å². The minimum absolute atomic E-state index is 0.568. The van der Waals surface area contributed by atoms with Gasteiger partial charge in [-0.2, -0.15) is 0 Å². The number of benzene rings is 5. The van der Waals surface area contributed by atoms with Gasteiger partial charge < -0.3 is 14.1 Å². The summed E-state index contributed by atoms with van der Waals surface area (Å²) >= 11 is 0. The predicted octanol–water partition coefficient (Wildman–Crippen LogP) is 10.8. The zero-order valence-electron chi connectivity index (χ0n) is 22.8. The second-order valence-corrected chi connectivity index (χ2v) is 10.7. The van der Waals surface area contributed by atoms with Crippen LogP contribution in [0.15, 0.2) is 120 Å². The Bertz CT molecular complexity index is 1760. The molecule has 0 spiro atoms. The lowest BCUT2D eigenvalue weighted by atomic mass is 9.83. The van der Waals surface area contributed by atoms with Crippen molar-refractivity contribution < 1.29 is 9.15 Å². The highest BCUT2D eigenvalue weighted by Gasteiger charge is 2.24. The zero-order valence-corrected chi connectivity index (χ0v) is 22.8. The van der Waals surface area contributed by atoms with Crippen molar-refractivity contribution in [3.8, 4) is 16.9 Å². The number of rotatable bonds is 6. The van der Waals surface area contributed by atoms with E-state index in [2.05, 4.69) is 108 Å². The number of hydrogen-bond donors (Lipinski definition) is 0. The van der Waals surface area contributed by atoms with Crippen LogP contribution in [-0.2, 0) is 0 Å². The molecule has 1 heterocycles. The van der Waals surface area contributed by atoms with E-state index in [9.17, 15) is 0 Å². The SMILES string of the molecule is COc1ccc(N(c2ccccc2-c2ccccc2)c2cccc3c2oc2c(C4CCCCC4)cccc23)cc1. The maximum absolute atomic E-state index is 6.92. The van der Waals surface area contributed by atoms with Crippen LogP contribution in [0, 0.1) is 0 Å². The average Bonchev–Trinajstić information content (AvgIpc) is 3.42. The average molecular weight is 524 g/mol. The number of ether oxygens (including phenoxy) is 1. The summed E-state index contributed by atoms with van der Waals surface area (Å²) in [4.78, 5) is 2.33. The third-order valence-corrected chi connectivity index (χ3v) is 8.38. The summed E-state index contributed by atoms with van der Waals surface area (Å²) in [6, 6.07) is 40.7. The number of methoxy groups -OCH3 is 1. The van der Waals surface area contributed by atoms with Crippen molar-refractivity contribution >= 4 is 39.0 Å². The van der Waals surface area contributed by atoms with Crippen molar-refractivity contribution in [2.75, 3.05) is 12.0 Å². The van der Waals surface area contributed by atoms with E-state index in [0.29, 0.717) is 5.92 Å². The molecule has 0 aliphatic heterocycles. The van der Waals surface area contributed by atoms with Crippen molar-refractivity contribution in [3.05, 3.63) is 121 Å². The molecular weight excluding hydrogens is 490 g/mol. The molecule has 7 rings (SSSR count). The van der Waals surface area contributed by atoms with Gasteiger partial charge in [0, 0.05) is 22.0 Å². The fourth-order valence-corrected chi connectivity index (χ4v) is 6.41. The lowest BCUT2D eigenvalue weighted by Crippen LogP contribution is -2.11. The number of para-hydroxylation sites is 3. The maximum Gasteiger partial charge on any atom is 0.159 e. The molecule has 0 bridgehead atoms. The first-order valence-electron chi connectivity index (χ1n) is 14.3. The molecule has 0 unspecified atom stereocenters. The third kappa shape index (κ3) is 4.32. The van der Waals surface area contributed by atoms with Gasteiger partial charge in [0.25, 0.3) is 0 Å². The zero-order chi connectivity index (χ0) is 26.9. The van der Waals surface area contributed by atoms with Gasteiger partial charge >= 0.3 is 0 Å². The number of fused-ring (bicyclic) bond motifs is 3. The van der Waals surface area contributed by atoms with Gasteiger partial charge in [-0.25, -0.2) is 0 Å². The van der Waals surface area contributed by atoms with Gasteiger partial charge in [0.1, 0.15) is 11.3 Å². The smallest absolute Gasteiger partial charge is 0.159 e. The largest absolute Gasteiger partial charge is 0.497 e. The van der Waals surface area contributed by atoms with Crippen LogP contribution >= 0.6 is 0 Å². The molecule has 1 aromatic heterocycles. The van der Waals surface area contributed by atoms with E-state index in [1.807, 2.05) is 12.1 Å². The minimum atomic E-state index is 0.568. The first-order valence-corrected chi connectivity index (χ1v) is 14.3. The van der Waals surface area contributed by atoms with Crippen molar-refractivity contribution in [2.24, 2.45) is 0 Å². The van der Waals surface area contributed by atoms with Gasteiger partial charge in [0.2, 0.25) is 0 Å². The highest BCUT2D eigenvalue weighted by atomic mass is 16.5. The van der Waals surface area contributed by atoms with Gasteiger partial charge in [-0.1, -0.05) is 98.1 Å². The van der Waals surface area contributed by atoms with Crippen molar-refractivity contribution in [3.63, 3.8) is 0 Å². The van der Waals surface area contributed by atoms with Gasteiger partial charge in [0.15, 0.2) is 5.58 Å². The molecule has 1 saturated carbocycles. The fourth-order valence-electron chi connectivity index (χ4n) is 6.41. The summed E-state index contributed by atoms with van der Waals surface area (Å²) < 4.78 is 12.4. The van der Waals surface area contributed by atoms with E-state index in [1.54, 1.807) is 7.11 Å². The molecule has 6 aromatic rings. The predicted molar refractivity (Wildman–Crippen MR) is 166 cm³/mol. The first kappa shape index (κ1) is 24.5. The molecule has 40 heavy (non-hydrogen) atoms. The summed E-state index contributed by atoms with van der Waals surface area (Å²) in [5.74, 6) is 1.40. The molecule has 0 amide bonds. The van der Waals surface area contributed by atoms with E-state index >= 15 is 0 Å². The Hall–Kier alpha value is -4.50. The monoisotopic (exact) mass is 523 g/mol. The van der Waals surface area contributed by atoms with Gasteiger partial charge in [-0.3, -0.25) is 0 Å². The molecule has 0 radical (unpaired) electrons. The molecule has 1 fully saturated rings. The quantitative estimate of drug-likeness (QED) is 0.217. The molecule has 1 aliphatic carbocycles. The molecule has 3 nitrogen and oxygen atoms in total. The number of anilines is 3. The van der Waals surface area contributed by atoms with Crippen molar-refractivity contribution in [1.82, 2.24) is 0 Å². The van der Waals surface area contributed by atoms with Gasteiger partial charge in [-0.15, -0.1) is 0 Å². The molecule has 0 saturated heterocycles. The Morgan fingerprint density at radius 3 is 2.08 bits per heavy atom. The number of furan rings is 1. The molecular formula is C37H33NO2. The summed E-state index contributed by atoms with van der Waals surface area (Å²) in [5.41, 5.74) is 8.83. The molecule has 198 valence electrons. The Labute approximate surface area is 235 Å². The van der Waals surface area contributed by atoms with E-state index < -0.39 is 0 Å². The minimum Gasteiger partial charge on any atom is -0.497 e. The van der Waals surface area contributed by atoms with Crippen LogP contribution in [0.1, 0.15) is 43.6 Å². The summed E-state index contributed by atoms with van der Waals surface area (Å²) in [6.45, 7) is 0. The summed E-state index contributed by atoms with van der Waals surface area (Å²) in [7, 11) is 1.70. The number of nitrogens with zero attached hydrogens (tertiary/aromatic N) is 1. The van der Waals surface area contributed by atoms with Crippen LogP contribution < -0.4 is 9.64 Å². The Morgan fingerprint density at radius 1 is 0.625 bits per heavy atom. The van der Waals surface area contributed by atoms with E-state index in [4.69, 9.17) is 9.15 Å². The van der Waals surface area contributed by atoms with Gasteiger partial charge in [-0.05, 0) is 66.3 Å². The summed E-state index contributed by atoms with van der Waals surface area (Å²) in [5, 5.41) is 2.35. The molecule has 0 atom stereocenters. The standard InChI is InChI=1S/C37H33NO2/c1-39-29-24-22-28(23-25-29)38(34-20-9-8-16-30(34)26-12-4-2-5-13-26)35-21-11-19-33-32-18-10-17-31(36(32)40-37(33)35)27-14-6-3-7-15-27/h2,4-5,8-13,16-25,27H,3,6-7,14-15H2,1H3. The van der Waals surface area contributed by atoms with E-state index in [-0.39, 0.29) is 0 Å². The van der Waals surface area contributed by atoms with Crippen molar-refractivity contribution in [2.45, 2.75) is 38.0 Å². The topological polar surface area (TPSA) is 25.6 Å². The van der Waals surface area contributed by atoms with Crippen LogP contribution in [0.4, 0.5) is 17.1 Å². The number of hydrogen-bond acceptors (Lipinski definition) is 3. The van der Waals surface area contributed by atoms with Crippen LogP contribution in [0.5, 0.6) is 5.75 Å². The highest BCUT2D eigenvalue weighted by Crippen LogP contribution is 2.47. The van der Waals surface area contributed by atoms with E-state index in [0.717, 1.165) is 44.9 Å². The van der Waals surface area contributed by atoms with E-state index in [1.165, 1.54) is 48.6 Å². The van der Waals surface area contributed by atoms with Crippen LogP contribution in [0.2, 0.25) is 0 Å². The van der Waals surface area contributed by atoms with Crippen molar-refractivity contribution in [1.29, 1.82) is 0 Å². The normalized spacial score (nSPS) is 14.0. The fraction of sp³-hybridized carbons (Fsp3) is 0.189. The molecule has 0 N–H and O–H groups in total. The lowest BCUT2D eigenvalue weighted by Gasteiger charge is -2.28. The Kier molecular flexibility index (Phi) is 6.49. The molecule has 3 heteroatoms. The second-order valence-electron chi connectivity index (χ2n) is 10.7. The Balaban J connectivity index is 1.47. The molecule has 1 aliphatic rings. The highest BCUT2D eigenvalue weighted by molar-refractivity contribution is 6.11. The third-order valence-electron chi connectivity index (χ3n) is 8.38. The van der Waals surface area contributed by atoms with Crippen LogP contribution in [0.25, 0.3) is 33.1 Å². The van der Waals surface area contributed by atoms with Crippen LogP contribution in [-0.4, -0.2) is 7.11 Å². The Morgan fingerprint density at radius 2 is 1.30 bits per heavy atom.